The largest absolute Gasteiger partial charge is 0.350 e. The Morgan fingerprint density at radius 3 is 2.30 bits per heavy atom. The van der Waals surface area contributed by atoms with Gasteiger partial charge in [-0.05, 0) is 38.1 Å². The maximum atomic E-state index is 12.2. The molecule has 1 amide bonds. The maximum absolute atomic E-state index is 12.2. The number of benzene rings is 1. The van der Waals surface area contributed by atoms with Gasteiger partial charge in [0.25, 0.3) is 0 Å². The molecule has 1 heterocycles. The van der Waals surface area contributed by atoms with Gasteiger partial charge >= 0.3 is 5.69 Å². The van der Waals surface area contributed by atoms with Crippen LogP contribution < -0.4 is 5.32 Å². The summed E-state index contributed by atoms with van der Waals surface area (Å²) in [6.45, 7) is 10.8. The first-order valence-corrected chi connectivity index (χ1v) is 9.10. The average molecular weight is 373 g/mol. The standard InChI is InChI=1S/C19H27N5O3/c1-5-22(6-2)12-17-9-7-16(8-10-17)11-20-18(25)13-23-15(4)19(24(26)27)14(3)21-23/h7-10H,5-6,11-13H2,1-4H3,(H,20,25). The van der Waals surface area contributed by atoms with Gasteiger partial charge < -0.3 is 5.32 Å². The summed E-state index contributed by atoms with van der Waals surface area (Å²) < 4.78 is 1.37. The number of carbonyl (C=O) groups is 1. The van der Waals surface area contributed by atoms with E-state index in [0.29, 0.717) is 17.9 Å². The van der Waals surface area contributed by atoms with Crippen molar-refractivity contribution >= 4 is 11.6 Å². The lowest BCUT2D eigenvalue weighted by atomic mass is 10.1. The molecule has 27 heavy (non-hydrogen) atoms. The molecule has 1 N–H and O–H groups in total. The van der Waals surface area contributed by atoms with Crippen LogP contribution in [-0.4, -0.2) is 38.6 Å². The third kappa shape index (κ3) is 5.37. The molecule has 0 aliphatic rings. The number of aromatic nitrogens is 2. The zero-order valence-electron chi connectivity index (χ0n) is 16.4. The zero-order valence-corrected chi connectivity index (χ0v) is 16.4. The zero-order chi connectivity index (χ0) is 20.0. The van der Waals surface area contributed by atoms with E-state index < -0.39 is 4.92 Å². The third-order valence-corrected chi connectivity index (χ3v) is 4.63. The molecule has 0 fully saturated rings. The van der Waals surface area contributed by atoms with E-state index in [0.717, 1.165) is 25.2 Å². The van der Waals surface area contributed by atoms with Crippen LogP contribution in [0.3, 0.4) is 0 Å². The first-order valence-electron chi connectivity index (χ1n) is 9.10. The predicted molar refractivity (Wildman–Crippen MR) is 103 cm³/mol. The van der Waals surface area contributed by atoms with Gasteiger partial charge in [-0.3, -0.25) is 24.5 Å². The van der Waals surface area contributed by atoms with E-state index in [1.807, 2.05) is 12.1 Å². The van der Waals surface area contributed by atoms with Crippen LogP contribution in [-0.2, 0) is 24.4 Å². The van der Waals surface area contributed by atoms with Crippen molar-refractivity contribution in [1.29, 1.82) is 0 Å². The number of carbonyl (C=O) groups excluding carboxylic acids is 1. The van der Waals surface area contributed by atoms with E-state index in [1.165, 1.54) is 10.2 Å². The fourth-order valence-electron chi connectivity index (χ4n) is 2.97. The summed E-state index contributed by atoms with van der Waals surface area (Å²) in [5.41, 5.74) is 2.91. The van der Waals surface area contributed by atoms with Crippen LogP contribution in [0.1, 0.15) is 36.4 Å². The molecule has 2 rings (SSSR count). The number of hydrogen-bond donors (Lipinski definition) is 1. The molecule has 8 nitrogen and oxygen atoms in total. The Kier molecular flexibility index (Phi) is 7.06. The minimum Gasteiger partial charge on any atom is -0.350 e. The highest BCUT2D eigenvalue weighted by Gasteiger charge is 2.22. The van der Waals surface area contributed by atoms with Crippen LogP contribution in [0.15, 0.2) is 24.3 Å². The minimum absolute atomic E-state index is 0.0356. The average Bonchev–Trinajstić information content (AvgIpc) is 2.92. The Morgan fingerprint density at radius 2 is 1.78 bits per heavy atom. The molecule has 0 bridgehead atoms. The van der Waals surface area contributed by atoms with Crippen molar-refractivity contribution in [3.05, 3.63) is 56.9 Å². The van der Waals surface area contributed by atoms with Crippen LogP contribution in [0.4, 0.5) is 5.69 Å². The molecule has 0 atom stereocenters. The van der Waals surface area contributed by atoms with E-state index in [4.69, 9.17) is 0 Å². The van der Waals surface area contributed by atoms with Gasteiger partial charge in [0.1, 0.15) is 17.9 Å². The van der Waals surface area contributed by atoms with Crippen molar-refractivity contribution in [3.63, 3.8) is 0 Å². The molecule has 1 aromatic heterocycles. The number of hydrogen-bond acceptors (Lipinski definition) is 5. The second-order valence-corrected chi connectivity index (χ2v) is 6.49. The summed E-state index contributed by atoms with van der Waals surface area (Å²) >= 11 is 0. The fraction of sp³-hybridized carbons (Fsp3) is 0.474. The van der Waals surface area contributed by atoms with E-state index in [9.17, 15) is 14.9 Å². The number of nitrogens with zero attached hydrogens (tertiary/aromatic N) is 4. The Labute approximate surface area is 159 Å². The SMILES string of the molecule is CCN(CC)Cc1ccc(CNC(=O)Cn2nc(C)c([N+](=O)[O-])c2C)cc1. The van der Waals surface area contributed by atoms with Gasteiger partial charge in [0.2, 0.25) is 5.91 Å². The molecule has 146 valence electrons. The molecule has 0 spiro atoms. The highest BCUT2D eigenvalue weighted by molar-refractivity contribution is 5.75. The predicted octanol–water partition coefficient (Wildman–Crippen LogP) is 2.57. The number of nitro groups is 1. The normalized spacial score (nSPS) is 11.0. The molecular formula is C19H27N5O3. The quantitative estimate of drug-likeness (QED) is 0.539. The van der Waals surface area contributed by atoms with E-state index in [2.05, 4.69) is 41.3 Å². The first kappa shape index (κ1) is 20.6. The summed E-state index contributed by atoms with van der Waals surface area (Å²) in [6, 6.07) is 8.16. The smallest absolute Gasteiger partial charge is 0.312 e. The lowest BCUT2D eigenvalue weighted by Gasteiger charge is -2.18. The van der Waals surface area contributed by atoms with Gasteiger partial charge in [0.05, 0.1) is 4.92 Å². The van der Waals surface area contributed by atoms with Crippen molar-refractivity contribution in [1.82, 2.24) is 20.0 Å². The molecule has 0 radical (unpaired) electrons. The summed E-state index contributed by atoms with van der Waals surface area (Å²) in [5, 5.41) is 18.0. The monoisotopic (exact) mass is 373 g/mol. The second-order valence-electron chi connectivity index (χ2n) is 6.49. The Hall–Kier alpha value is -2.74. The molecule has 1 aromatic carbocycles. The van der Waals surface area contributed by atoms with E-state index in [-0.39, 0.29) is 18.1 Å². The molecule has 0 aliphatic heterocycles. The van der Waals surface area contributed by atoms with Gasteiger partial charge in [0, 0.05) is 13.1 Å². The summed E-state index contributed by atoms with van der Waals surface area (Å²) in [4.78, 5) is 25.1. The summed E-state index contributed by atoms with van der Waals surface area (Å²) in [5.74, 6) is -0.234. The van der Waals surface area contributed by atoms with Crippen LogP contribution in [0.2, 0.25) is 0 Å². The molecule has 0 aliphatic carbocycles. The molecule has 2 aromatic rings. The number of rotatable bonds is 9. The van der Waals surface area contributed by atoms with Crippen LogP contribution in [0.5, 0.6) is 0 Å². The number of amides is 1. The Balaban J connectivity index is 1.90. The third-order valence-electron chi connectivity index (χ3n) is 4.63. The first-order chi connectivity index (χ1) is 12.8. The fourth-order valence-corrected chi connectivity index (χ4v) is 2.97. The lowest BCUT2D eigenvalue weighted by Crippen LogP contribution is -2.28. The second kappa shape index (κ2) is 9.27. The van der Waals surface area contributed by atoms with Gasteiger partial charge in [0.15, 0.2) is 0 Å². The van der Waals surface area contributed by atoms with Gasteiger partial charge in [-0.25, -0.2) is 0 Å². The van der Waals surface area contributed by atoms with Crippen molar-refractivity contribution < 1.29 is 9.72 Å². The van der Waals surface area contributed by atoms with Gasteiger partial charge in [-0.1, -0.05) is 38.1 Å². The van der Waals surface area contributed by atoms with Crippen LogP contribution in [0.25, 0.3) is 0 Å². The maximum Gasteiger partial charge on any atom is 0.312 e. The molecule has 8 heteroatoms. The topological polar surface area (TPSA) is 93.3 Å². The molecule has 0 saturated carbocycles. The number of nitrogens with one attached hydrogen (secondary N) is 1. The Morgan fingerprint density at radius 1 is 1.19 bits per heavy atom. The summed E-state index contributed by atoms with van der Waals surface area (Å²) in [7, 11) is 0. The highest BCUT2D eigenvalue weighted by Crippen LogP contribution is 2.21. The van der Waals surface area contributed by atoms with Gasteiger partial charge in [-0.15, -0.1) is 0 Å². The van der Waals surface area contributed by atoms with Crippen LogP contribution in [0, 0.1) is 24.0 Å². The number of aryl methyl sites for hydroxylation is 1. The molecular weight excluding hydrogens is 346 g/mol. The van der Waals surface area contributed by atoms with E-state index >= 15 is 0 Å². The highest BCUT2D eigenvalue weighted by atomic mass is 16.6. The van der Waals surface area contributed by atoms with E-state index in [1.54, 1.807) is 13.8 Å². The van der Waals surface area contributed by atoms with Crippen LogP contribution >= 0.6 is 0 Å². The Bertz CT molecular complexity index is 794. The molecule has 0 unspecified atom stereocenters. The lowest BCUT2D eigenvalue weighted by molar-refractivity contribution is -0.386. The molecule has 0 saturated heterocycles. The van der Waals surface area contributed by atoms with Gasteiger partial charge in [-0.2, -0.15) is 5.10 Å². The summed E-state index contributed by atoms with van der Waals surface area (Å²) in [6.07, 6.45) is 0. The minimum atomic E-state index is -0.466. The van der Waals surface area contributed by atoms with Crippen molar-refractivity contribution in [2.75, 3.05) is 13.1 Å². The van der Waals surface area contributed by atoms with Crippen molar-refractivity contribution in [2.24, 2.45) is 0 Å². The van der Waals surface area contributed by atoms with Crippen molar-refractivity contribution in [2.45, 2.75) is 47.3 Å². The van der Waals surface area contributed by atoms with Crippen molar-refractivity contribution in [3.8, 4) is 0 Å².